The van der Waals surface area contributed by atoms with E-state index in [2.05, 4.69) is 30.9 Å². The molecule has 1 aromatic carbocycles. The molecule has 4 N–H and O–H groups in total. The third kappa shape index (κ3) is 3.99. The molecule has 1 aliphatic carbocycles. The van der Waals surface area contributed by atoms with Gasteiger partial charge in [-0.05, 0) is 43.0 Å². The van der Waals surface area contributed by atoms with Crippen molar-refractivity contribution in [1.29, 1.82) is 5.41 Å². The van der Waals surface area contributed by atoms with Gasteiger partial charge in [0.25, 0.3) is 6.29 Å². The molecule has 1 aliphatic heterocycles. The second kappa shape index (κ2) is 8.09. The highest BCUT2D eigenvalue weighted by atomic mass is 79.9. The summed E-state index contributed by atoms with van der Waals surface area (Å²) in [6.07, 6.45) is 6.07. The predicted molar refractivity (Wildman–Crippen MR) is 116 cm³/mol. The Bertz CT molecular complexity index is 1170. The number of thioether (sulfide) groups is 1. The van der Waals surface area contributed by atoms with E-state index < -0.39 is 6.29 Å². The summed E-state index contributed by atoms with van der Waals surface area (Å²) in [6, 6.07) is 7.99. The van der Waals surface area contributed by atoms with Gasteiger partial charge in [0.1, 0.15) is 11.8 Å². The number of ether oxygens (including phenoxy) is 2. The van der Waals surface area contributed by atoms with E-state index in [-0.39, 0.29) is 11.5 Å². The molecule has 0 amide bonds. The molecule has 2 unspecified atom stereocenters. The van der Waals surface area contributed by atoms with Crippen LogP contribution in [0.3, 0.4) is 0 Å². The van der Waals surface area contributed by atoms with Gasteiger partial charge in [0.2, 0.25) is 5.09 Å². The summed E-state index contributed by atoms with van der Waals surface area (Å²) in [6.45, 7) is 0.725. The first-order chi connectivity index (χ1) is 14.6. The van der Waals surface area contributed by atoms with Crippen LogP contribution in [0.1, 0.15) is 31.1 Å². The Morgan fingerprint density at radius 1 is 1.37 bits per heavy atom. The lowest BCUT2D eigenvalue weighted by atomic mass is 10.1. The molecule has 0 bridgehead atoms. The number of aromatic nitrogens is 4. The second-order valence-electron chi connectivity index (χ2n) is 7.46. The smallest absolute Gasteiger partial charge is 0.268 e. The quantitative estimate of drug-likeness (QED) is 0.466. The largest absolute Gasteiger partial charge is 0.454 e. The number of aryl methyl sites for hydroxylation is 1. The topological polar surface area (TPSA) is 115 Å². The molecular weight excluding hydrogens is 468 g/mol. The average Bonchev–Trinajstić information content (AvgIpc) is 3.35. The van der Waals surface area contributed by atoms with Crippen molar-refractivity contribution in [2.75, 3.05) is 0 Å². The van der Waals surface area contributed by atoms with Crippen molar-refractivity contribution in [3.8, 4) is 0 Å². The van der Waals surface area contributed by atoms with Crippen molar-refractivity contribution in [3.63, 3.8) is 0 Å². The van der Waals surface area contributed by atoms with E-state index in [9.17, 15) is 0 Å². The number of aromatic amines is 1. The fraction of sp³-hybridized carbons (Fsp3) is 0.350. The van der Waals surface area contributed by atoms with E-state index in [0.717, 1.165) is 23.0 Å². The lowest BCUT2D eigenvalue weighted by Crippen LogP contribution is -2.25. The number of hydrogen-bond donors (Lipinski definition) is 3. The van der Waals surface area contributed by atoms with Gasteiger partial charge in [-0.1, -0.05) is 34.1 Å². The molecular formula is C20H21BrN6O2S. The van der Waals surface area contributed by atoms with Crippen LogP contribution in [0.4, 0.5) is 0 Å². The minimum Gasteiger partial charge on any atom is -0.454 e. The van der Waals surface area contributed by atoms with Crippen molar-refractivity contribution in [3.05, 3.63) is 57.5 Å². The minimum atomic E-state index is -0.505. The van der Waals surface area contributed by atoms with Crippen LogP contribution in [0.25, 0.3) is 11.2 Å². The van der Waals surface area contributed by atoms with Crippen LogP contribution < -0.4 is 11.2 Å². The molecule has 8 nitrogen and oxygen atoms in total. The third-order valence-electron chi connectivity index (χ3n) is 5.30. The first kappa shape index (κ1) is 19.7. The molecule has 5 rings (SSSR count). The molecule has 1 fully saturated rings. The van der Waals surface area contributed by atoms with Crippen LogP contribution in [-0.2, 0) is 16.0 Å². The van der Waals surface area contributed by atoms with Crippen molar-refractivity contribution in [2.24, 2.45) is 11.7 Å². The van der Waals surface area contributed by atoms with Gasteiger partial charge in [0.15, 0.2) is 16.3 Å². The van der Waals surface area contributed by atoms with Crippen LogP contribution in [0.15, 0.2) is 51.6 Å². The van der Waals surface area contributed by atoms with E-state index in [0.29, 0.717) is 27.3 Å². The van der Waals surface area contributed by atoms with Gasteiger partial charge < -0.3 is 24.8 Å². The standard InChI is InChI=1S/C20H21BrN6O2S/c21-13-4-2-1-3-12(13)19-28-9-15(29-19)30-20-25-16-17(23)24-10-27(18(16)26-20)8-7-14(22)11-5-6-11/h1-4,9-11,14,19,23H,5-8,22H2,(H,25,26). The van der Waals surface area contributed by atoms with E-state index in [1.165, 1.54) is 24.6 Å². The number of rotatable bonds is 7. The highest BCUT2D eigenvalue weighted by molar-refractivity contribution is 9.10. The summed E-state index contributed by atoms with van der Waals surface area (Å²) in [7, 11) is 0. The normalized spacial score (nSPS) is 19.4. The highest BCUT2D eigenvalue weighted by Gasteiger charge is 2.28. The number of benzene rings is 1. The molecule has 3 heterocycles. The Hall–Kier alpha value is -2.30. The third-order valence-corrected chi connectivity index (χ3v) is 6.80. The number of fused-ring (bicyclic) bond motifs is 1. The molecule has 0 saturated heterocycles. The Morgan fingerprint density at radius 3 is 3.00 bits per heavy atom. The summed E-state index contributed by atoms with van der Waals surface area (Å²) in [4.78, 5) is 12.0. The van der Waals surface area contributed by atoms with E-state index >= 15 is 0 Å². The van der Waals surface area contributed by atoms with Gasteiger partial charge in [0.05, 0.1) is 6.33 Å². The second-order valence-corrected chi connectivity index (χ2v) is 9.31. The number of imidazole rings is 1. The van der Waals surface area contributed by atoms with Crippen molar-refractivity contribution in [2.45, 2.75) is 43.3 Å². The molecule has 3 aromatic rings. The Kier molecular flexibility index (Phi) is 5.30. The van der Waals surface area contributed by atoms with Gasteiger partial charge in [0, 0.05) is 22.6 Å². The summed E-state index contributed by atoms with van der Waals surface area (Å²) < 4.78 is 14.5. The van der Waals surface area contributed by atoms with Gasteiger partial charge in [-0.2, -0.15) is 0 Å². The lowest BCUT2D eigenvalue weighted by molar-refractivity contribution is -0.0278. The number of hydrogen-bond acceptors (Lipinski definition) is 7. The zero-order valence-electron chi connectivity index (χ0n) is 16.0. The Morgan fingerprint density at radius 2 is 2.20 bits per heavy atom. The lowest BCUT2D eigenvalue weighted by Gasteiger charge is -2.12. The van der Waals surface area contributed by atoms with Crippen molar-refractivity contribution in [1.82, 2.24) is 19.5 Å². The fourth-order valence-corrected chi connectivity index (χ4v) is 4.63. The predicted octanol–water partition coefficient (Wildman–Crippen LogP) is 3.77. The van der Waals surface area contributed by atoms with E-state index in [1.807, 2.05) is 28.8 Å². The molecule has 2 aliphatic rings. The number of nitrogens with two attached hydrogens (primary N) is 1. The minimum absolute atomic E-state index is 0.163. The highest BCUT2D eigenvalue weighted by Crippen LogP contribution is 2.39. The van der Waals surface area contributed by atoms with Crippen LogP contribution in [0.2, 0.25) is 0 Å². The number of halogens is 1. The van der Waals surface area contributed by atoms with Crippen LogP contribution in [-0.4, -0.2) is 25.6 Å². The Labute approximate surface area is 185 Å². The molecule has 1 saturated carbocycles. The average molecular weight is 489 g/mol. The summed E-state index contributed by atoms with van der Waals surface area (Å²) in [5.74, 6) is 0.652. The maximum atomic E-state index is 8.12. The molecule has 10 heteroatoms. The maximum absolute atomic E-state index is 8.12. The summed E-state index contributed by atoms with van der Waals surface area (Å²) >= 11 is 4.84. The molecule has 30 heavy (non-hydrogen) atoms. The van der Waals surface area contributed by atoms with E-state index in [4.69, 9.17) is 20.6 Å². The maximum Gasteiger partial charge on any atom is 0.268 e. The number of nitrogens with zero attached hydrogens (tertiary/aromatic N) is 3. The van der Waals surface area contributed by atoms with Gasteiger partial charge in [-0.3, -0.25) is 5.41 Å². The van der Waals surface area contributed by atoms with Crippen LogP contribution in [0.5, 0.6) is 0 Å². The van der Waals surface area contributed by atoms with Gasteiger partial charge in [-0.25, -0.2) is 9.97 Å². The van der Waals surface area contributed by atoms with Crippen LogP contribution >= 0.6 is 27.7 Å². The molecule has 2 aromatic heterocycles. The first-order valence-electron chi connectivity index (χ1n) is 9.78. The number of H-pyrrole nitrogens is 1. The van der Waals surface area contributed by atoms with Crippen molar-refractivity contribution < 1.29 is 9.47 Å². The first-order valence-corrected chi connectivity index (χ1v) is 11.4. The van der Waals surface area contributed by atoms with Gasteiger partial charge >= 0.3 is 0 Å². The number of nitrogens with one attached hydrogen (secondary N) is 2. The zero-order chi connectivity index (χ0) is 20.7. The molecule has 0 spiro atoms. The van der Waals surface area contributed by atoms with E-state index in [1.54, 1.807) is 12.6 Å². The SMILES string of the molecule is N=c1ncn(CCC(N)C2CC2)c2nc(SC3=COC(c4ccccc4Br)O3)[nH]c12. The summed E-state index contributed by atoms with van der Waals surface area (Å²) in [5.41, 5.74) is 8.61. The monoisotopic (exact) mass is 488 g/mol. The summed E-state index contributed by atoms with van der Waals surface area (Å²) in [5, 5.41) is 9.33. The molecule has 2 atom stereocenters. The zero-order valence-corrected chi connectivity index (χ0v) is 18.4. The molecule has 0 radical (unpaired) electrons. The van der Waals surface area contributed by atoms with Gasteiger partial charge in [-0.15, -0.1) is 0 Å². The fourth-order valence-electron chi connectivity index (χ4n) is 3.45. The van der Waals surface area contributed by atoms with Crippen molar-refractivity contribution >= 4 is 38.9 Å². The Balaban J connectivity index is 1.31. The molecule has 156 valence electrons. The van der Waals surface area contributed by atoms with Crippen LogP contribution in [0, 0.1) is 11.3 Å².